The smallest absolute Gasteiger partial charge is 0.374 e. The second-order valence-corrected chi connectivity index (χ2v) is 7.14. The molecule has 0 aliphatic heterocycles. The largest absolute Gasteiger partial charge is 0.460 e. The number of furan rings is 1. The van der Waals surface area contributed by atoms with Crippen LogP contribution in [0.4, 0.5) is 0 Å². The molecule has 108 valence electrons. The van der Waals surface area contributed by atoms with E-state index >= 15 is 0 Å². The maximum Gasteiger partial charge on any atom is 0.374 e. The lowest BCUT2D eigenvalue weighted by Gasteiger charge is -2.01. The minimum atomic E-state index is -3.95. The summed E-state index contributed by atoms with van der Waals surface area (Å²) in [6, 6.07) is 1.04. The van der Waals surface area contributed by atoms with E-state index in [4.69, 9.17) is 19.8 Å². The van der Waals surface area contributed by atoms with E-state index in [1.807, 2.05) is 0 Å². The van der Waals surface area contributed by atoms with Crippen molar-refractivity contribution in [2.45, 2.75) is 37.5 Å². The van der Waals surface area contributed by atoms with Crippen LogP contribution in [0, 0.1) is 0 Å². The van der Waals surface area contributed by atoms with Crippen molar-refractivity contribution >= 4 is 41.6 Å². The van der Waals surface area contributed by atoms with Gasteiger partial charge in [-0.15, -0.1) is 0 Å². The molecule has 1 heterocycles. The number of hydrogen-bond donors (Lipinski definition) is 0. The van der Waals surface area contributed by atoms with Gasteiger partial charge in [-0.05, 0) is 22.4 Å². The summed E-state index contributed by atoms with van der Waals surface area (Å²) in [5.41, 5.74) is 0. The van der Waals surface area contributed by atoms with E-state index in [-0.39, 0.29) is 21.9 Å². The van der Waals surface area contributed by atoms with Gasteiger partial charge in [0.15, 0.2) is 4.67 Å². The topological polar surface area (TPSA) is 73.6 Å². The Morgan fingerprint density at radius 3 is 2.63 bits per heavy atom. The Morgan fingerprint density at radius 2 is 2.11 bits per heavy atom. The summed E-state index contributed by atoms with van der Waals surface area (Å²) in [5, 5.41) is 0. The van der Waals surface area contributed by atoms with Gasteiger partial charge in [0.05, 0.1) is 6.61 Å². The van der Waals surface area contributed by atoms with E-state index in [1.165, 1.54) is 0 Å². The minimum Gasteiger partial charge on any atom is -0.460 e. The van der Waals surface area contributed by atoms with Crippen molar-refractivity contribution < 1.29 is 22.4 Å². The molecule has 0 atom stereocenters. The number of hydrogen-bond acceptors (Lipinski definition) is 5. The fourth-order valence-corrected chi connectivity index (χ4v) is 3.42. The van der Waals surface area contributed by atoms with Gasteiger partial charge < -0.3 is 9.15 Å². The van der Waals surface area contributed by atoms with Gasteiger partial charge in [0.1, 0.15) is 4.90 Å². The Balaban J connectivity index is 2.59. The van der Waals surface area contributed by atoms with Gasteiger partial charge in [-0.3, -0.25) is 0 Å². The number of halogens is 2. The highest BCUT2D eigenvalue weighted by Crippen LogP contribution is 2.29. The summed E-state index contributed by atoms with van der Waals surface area (Å²) in [6.45, 7) is 2.36. The van der Waals surface area contributed by atoms with Gasteiger partial charge in [-0.1, -0.05) is 26.2 Å². The highest BCUT2D eigenvalue weighted by Gasteiger charge is 2.23. The van der Waals surface area contributed by atoms with E-state index in [0.717, 1.165) is 31.7 Å². The zero-order valence-corrected chi connectivity index (χ0v) is 13.5. The molecule has 19 heavy (non-hydrogen) atoms. The lowest BCUT2D eigenvalue weighted by atomic mass is 10.2. The van der Waals surface area contributed by atoms with Crippen LogP contribution in [0.5, 0.6) is 0 Å². The van der Waals surface area contributed by atoms with Crippen LogP contribution in [0.25, 0.3) is 0 Å². The van der Waals surface area contributed by atoms with Crippen LogP contribution in [0.15, 0.2) is 20.0 Å². The standard InChI is InChI=1S/C11H14BrClO5S/c1-2-3-4-5-6-17-11(14)8-7-9(10(12)18-8)19(13,15)16/h7H,2-6H2,1H3. The van der Waals surface area contributed by atoms with Gasteiger partial charge in [0.2, 0.25) is 5.76 Å². The average Bonchev–Trinajstić information content (AvgIpc) is 2.70. The Kier molecular flexibility index (Phi) is 6.35. The Bertz CT molecular complexity index is 537. The van der Waals surface area contributed by atoms with Gasteiger partial charge in [0.25, 0.3) is 9.05 Å². The number of esters is 1. The first kappa shape index (κ1) is 16.5. The fourth-order valence-electron chi connectivity index (χ4n) is 1.38. The maximum atomic E-state index is 11.6. The SMILES string of the molecule is CCCCCCOC(=O)c1cc(S(=O)(=O)Cl)c(Br)o1. The zero-order valence-electron chi connectivity index (χ0n) is 10.3. The molecule has 0 aromatic carbocycles. The second kappa shape index (κ2) is 7.31. The van der Waals surface area contributed by atoms with Gasteiger partial charge in [-0.2, -0.15) is 0 Å². The molecule has 1 rings (SSSR count). The Labute approximate surface area is 124 Å². The molecule has 1 aromatic heterocycles. The first-order chi connectivity index (χ1) is 8.86. The third kappa shape index (κ3) is 5.16. The van der Waals surface area contributed by atoms with E-state index in [9.17, 15) is 13.2 Å². The van der Waals surface area contributed by atoms with Crippen LogP contribution in [-0.2, 0) is 13.8 Å². The summed E-state index contributed by atoms with van der Waals surface area (Å²) in [7, 11) is 1.22. The van der Waals surface area contributed by atoms with Crippen molar-refractivity contribution in [3.63, 3.8) is 0 Å². The third-order valence-corrected chi connectivity index (χ3v) is 4.53. The molecule has 0 fully saturated rings. The maximum absolute atomic E-state index is 11.6. The van der Waals surface area contributed by atoms with E-state index < -0.39 is 15.0 Å². The first-order valence-electron chi connectivity index (χ1n) is 5.77. The fraction of sp³-hybridized carbons (Fsp3) is 0.545. The van der Waals surface area contributed by atoms with Crippen LogP contribution in [-0.4, -0.2) is 21.0 Å². The molecule has 1 aromatic rings. The van der Waals surface area contributed by atoms with Crippen LogP contribution in [0.3, 0.4) is 0 Å². The van der Waals surface area contributed by atoms with Crippen molar-refractivity contribution in [3.8, 4) is 0 Å². The Hall–Kier alpha value is -0.530. The van der Waals surface area contributed by atoms with Crippen molar-refractivity contribution in [2.75, 3.05) is 6.61 Å². The van der Waals surface area contributed by atoms with Gasteiger partial charge in [0, 0.05) is 16.7 Å². The van der Waals surface area contributed by atoms with Crippen molar-refractivity contribution in [2.24, 2.45) is 0 Å². The molecule has 0 saturated heterocycles. The van der Waals surface area contributed by atoms with Crippen molar-refractivity contribution in [3.05, 3.63) is 16.5 Å². The lowest BCUT2D eigenvalue weighted by Crippen LogP contribution is -2.05. The average molecular weight is 374 g/mol. The van der Waals surface area contributed by atoms with Gasteiger partial charge in [-0.25, -0.2) is 13.2 Å². The molecule has 0 radical (unpaired) electrons. The molecular weight excluding hydrogens is 360 g/mol. The number of carbonyl (C=O) groups is 1. The molecule has 0 amide bonds. The monoisotopic (exact) mass is 372 g/mol. The Morgan fingerprint density at radius 1 is 1.42 bits per heavy atom. The van der Waals surface area contributed by atoms with Crippen molar-refractivity contribution in [1.82, 2.24) is 0 Å². The van der Waals surface area contributed by atoms with E-state index in [1.54, 1.807) is 0 Å². The number of ether oxygens (including phenoxy) is 1. The van der Waals surface area contributed by atoms with E-state index in [2.05, 4.69) is 22.9 Å². The summed E-state index contributed by atoms with van der Waals surface area (Å²) < 4.78 is 32.1. The van der Waals surface area contributed by atoms with Gasteiger partial charge >= 0.3 is 5.97 Å². The molecule has 0 aliphatic rings. The molecule has 0 N–H and O–H groups in total. The third-order valence-electron chi connectivity index (χ3n) is 2.35. The highest BCUT2D eigenvalue weighted by atomic mass is 79.9. The molecule has 0 aliphatic carbocycles. The summed E-state index contributed by atoms with van der Waals surface area (Å²) in [5.74, 6) is -0.898. The molecule has 0 bridgehead atoms. The van der Waals surface area contributed by atoms with Crippen LogP contribution in [0.2, 0.25) is 0 Å². The predicted octanol–water partition coefficient (Wildman–Crippen LogP) is 3.71. The van der Waals surface area contributed by atoms with Crippen molar-refractivity contribution in [1.29, 1.82) is 0 Å². The van der Waals surface area contributed by atoms with Crippen LogP contribution >= 0.6 is 26.6 Å². The summed E-state index contributed by atoms with van der Waals surface area (Å²) in [4.78, 5) is 11.3. The number of carbonyl (C=O) groups excluding carboxylic acids is 1. The molecule has 8 heteroatoms. The normalized spacial score (nSPS) is 11.5. The minimum absolute atomic E-state index is 0.111. The number of rotatable bonds is 7. The predicted molar refractivity (Wildman–Crippen MR) is 73.9 cm³/mol. The number of unbranched alkanes of at least 4 members (excludes halogenated alkanes) is 3. The quantitative estimate of drug-likeness (QED) is 0.414. The zero-order chi connectivity index (χ0) is 14.5. The van der Waals surface area contributed by atoms with Crippen LogP contribution in [0.1, 0.15) is 43.2 Å². The molecular formula is C11H14BrClO5S. The molecule has 0 unspecified atom stereocenters. The molecule has 5 nitrogen and oxygen atoms in total. The summed E-state index contributed by atoms with van der Waals surface area (Å²) >= 11 is 2.89. The molecule has 0 spiro atoms. The first-order valence-corrected chi connectivity index (χ1v) is 8.87. The molecule has 0 saturated carbocycles. The summed E-state index contributed by atoms with van der Waals surface area (Å²) in [6.07, 6.45) is 3.92. The second-order valence-electron chi connectivity index (χ2n) is 3.88. The lowest BCUT2D eigenvalue weighted by molar-refractivity contribution is 0.0460. The highest BCUT2D eigenvalue weighted by molar-refractivity contribution is 9.10. The van der Waals surface area contributed by atoms with E-state index in [0.29, 0.717) is 0 Å². The van der Waals surface area contributed by atoms with Crippen LogP contribution < -0.4 is 0 Å².